The SMILES string of the molecule is COc1ccccc1N1CCN([C@@H](C)C(=O)Nc2cc(C)ccc2C)CC1. The number of methoxy groups -OCH3 is 1. The number of nitrogens with one attached hydrogen (secondary N) is 1. The molecule has 1 aliphatic rings. The Balaban J connectivity index is 1.60. The number of anilines is 2. The molecular weight excluding hydrogens is 338 g/mol. The molecule has 27 heavy (non-hydrogen) atoms. The number of aryl methyl sites for hydroxylation is 2. The number of benzene rings is 2. The van der Waals surface area contributed by atoms with Gasteiger partial charge in [-0.2, -0.15) is 0 Å². The summed E-state index contributed by atoms with van der Waals surface area (Å²) in [6, 6.07) is 14.1. The number of hydrogen-bond acceptors (Lipinski definition) is 4. The van der Waals surface area contributed by atoms with E-state index in [4.69, 9.17) is 4.74 Å². The molecule has 1 N–H and O–H groups in total. The van der Waals surface area contributed by atoms with Gasteiger partial charge in [-0.3, -0.25) is 9.69 Å². The molecule has 1 fully saturated rings. The van der Waals surface area contributed by atoms with Gasteiger partial charge in [0, 0.05) is 31.9 Å². The fourth-order valence-electron chi connectivity index (χ4n) is 3.51. The molecule has 0 saturated carbocycles. The molecule has 1 atom stereocenters. The van der Waals surface area contributed by atoms with E-state index in [1.54, 1.807) is 7.11 Å². The topological polar surface area (TPSA) is 44.8 Å². The minimum Gasteiger partial charge on any atom is -0.495 e. The summed E-state index contributed by atoms with van der Waals surface area (Å²) in [5.74, 6) is 0.945. The minimum atomic E-state index is -0.162. The standard InChI is InChI=1S/C22H29N3O2/c1-16-9-10-17(2)19(15-16)23-22(26)18(3)24-11-13-25(14-12-24)20-7-5-6-8-21(20)27-4/h5-10,15,18H,11-14H2,1-4H3,(H,23,26)/t18-/m0/s1. The highest BCUT2D eigenvalue weighted by Gasteiger charge is 2.26. The van der Waals surface area contributed by atoms with Crippen LogP contribution in [0, 0.1) is 13.8 Å². The predicted octanol–water partition coefficient (Wildman–Crippen LogP) is 3.46. The van der Waals surface area contributed by atoms with Crippen LogP contribution < -0.4 is 15.0 Å². The van der Waals surface area contributed by atoms with Crippen LogP contribution in [0.4, 0.5) is 11.4 Å². The molecule has 0 bridgehead atoms. The molecule has 2 aromatic carbocycles. The number of hydrogen-bond donors (Lipinski definition) is 1. The quantitative estimate of drug-likeness (QED) is 0.879. The molecule has 1 aliphatic heterocycles. The molecule has 0 aliphatic carbocycles. The summed E-state index contributed by atoms with van der Waals surface area (Å²) in [6.45, 7) is 9.49. The summed E-state index contributed by atoms with van der Waals surface area (Å²) >= 11 is 0. The second-order valence-electron chi connectivity index (χ2n) is 7.18. The smallest absolute Gasteiger partial charge is 0.241 e. The van der Waals surface area contributed by atoms with Gasteiger partial charge < -0.3 is 15.0 Å². The summed E-state index contributed by atoms with van der Waals surface area (Å²) < 4.78 is 5.48. The van der Waals surface area contributed by atoms with E-state index in [1.165, 1.54) is 0 Å². The number of ether oxygens (including phenoxy) is 1. The van der Waals surface area contributed by atoms with Crippen molar-refractivity contribution in [2.75, 3.05) is 43.5 Å². The van der Waals surface area contributed by atoms with Crippen LogP contribution in [0.25, 0.3) is 0 Å². The molecule has 144 valence electrons. The lowest BCUT2D eigenvalue weighted by Gasteiger charge is -2.38. The largest absolute Gasteiger partial charge is 0.495 e. The highest BCUT2D eigenvalue weighted by Crippen LogP contribution is 2.28. The molecular formula is C22H29N3O2. The number of para-hydroxylation sites is 2. The third-order valence-electron chi connectivity index (χ3n) is 5.32. The molecule has 0 aromatic heterocycles. The highest BCUT2D eigenvalue weighted by atomic mass is 16.5. The van der Waals surface area contributed by atoms with Crippen LogP contribution in [0.15, 0.2) is 42.5 Å². The van der Waals surface area contributed by atoms with Gasteiger partial charge in [0.1, 0.15) is 5.75 Å². The Morgan fingerprint density at radius 2 is 1.78 bits per heavy atom. The summed E-state index contributed by atoms with van der Waals surface area (Å²) in [6.07, 6.45) is 0. The van der Waals surface area contributed by atoms with Crippen molar-refractivity contribution in [1.29, 1.82) is 0 Å². The number of amides is 1. The maximum Gasteiger partial charge on any atom is 0.241 e. The minimum absolute atomic E-state index is 0.0504. The number of rotatable bonds is 5. The van der Waals surface area contributed by atoms with Crippen LogP contribution >= 0.6 is 0 Å². The van der Waals surface area contributed by atoms with Crippen molar-refractivity contribution in [1.82, 2.24) is 4.90 Å². The van der Waals surface area contributed by atoms with E-state index < -0.39 is 0 Å². The number of carbonyl (C=O) groups excluding carboxylic acids is 1. The monoisotopic (exact) mass is 367 g/mol. The lowest BCUT2D eigenvalue weighted by Crippen LogP contribution is -2.52. The Morgan fingerprint density at radius 1 is 1.07 bits per heavy atom. The zero-order valence-corrected chi connectivity index (χ0v) is 16.7. The average molecular weight is 367 g/mol. The van der Waals surface area contributed by atoms with Gasteiger partial charge in [0.25, 0.3) is 0 Å². The normalized spacial score (nSPS) is 16.1. The molecule has 0 radical (unpaired) electrons. The second-order valence-corrected chi connectivity index (χ2v) is 7.18. The number of carbonyl (C=O) groups is 1. The van der Waals surface area contributed by atoms with Gasteiger partial charge in [0.15, 0.2) is 0 Å². The zero-order chi connectivity index (χ0) is 19.4. The van der Waals surface area contributed by atoms with Crippen LogP contribution in [0.2, 0.25) is 0 Å². The predicted molar refractivity (Wildman–Crippen MR) is 111 cm³/mol. The first-order valence-electron chi connectivity index (χ1n) is 9.49. The summed E-state index contributed by atoms with van der Waals surface area (Å²) in [7, 11) is 1.70. The Bertz CT molecular complexity index is 798. The maximum absolute atomic E-state index is 12.7. The van der Waals surface area contributed by atoms with Gasteiger partial charge >= 0.3 is 0 Å². The van der Waals surface area contributed by atoms with Gasteiger partial charge in [-0.1, -0.05) is 24.3 Å². The lowest BCUT2D eigenvalue weighted by atomic mass is 10.1. The van der Waals surface area contributed by atoms with Crippen molar-refractivity contribution < 1.29 is 9.53 Å². The molecule has 3 rings (SSSR count). The van der Waals surface area contributed by atoms with Crippen molar-refractivity contribution >= 4 is 17.3 Å². The molecule has 1 saturated heterocycles. The Hall–Kier alpha value is -2.53. The van der Waals surface area contributed by atoms with Crippen molar-refractivity contribution in [3.05, 3.63) is 53.6 Å². The molecule has 2 aromatic rings. The number of nitrogens with zero attached hydrogens (tertiary/aromatic N) is 2. The van der Waals surface area contributed by atoms with E-state index >= 15 is 0 Å². The van der Waals surface area contributed by atoms with E-state index in [-0.39, 0.29) is 11.9 Å². The third kappa shape index (κ3) is 4.42. The molecule has 1 heterocycles. The van der Waals surface area contributed by atoms with Crippen molar-refractivity contribution in [2.24, 2.45) is 0 Å². The van der Waals surface area contributed by atoms with Gasteiger partial charge in [0.05, 0.1) is 18.8 Å². The van der Waals surface area contributed by atoms with Crippen molar-refractivity contribution in [3.8, 4) is 5.75 Å². The first kappa shape index (κ1) is 19.2. The Morgan fingerprint density at radius 3 is 2.48 bits per heavy atom. The van der Waals surface area contributed by atoms with E-state index in [0.717, 1.165) is 54.4 Å². The Labute approximate surface area is 161 Å². The van der Waals surface area contributed by atoms with E-state index in [9.17, 15) is 4.79 Å². The van der Waals surface area contributed by atoms with Crippen LogP contribution in [0.1, 0.15) is 18.1 Å². The average Bonchev–Trinajstić information content (AvgIpc) is 2.70. The fraction of sp³-hybridized carbons (Fsp3) is 0.409. The van der Waals surface area contributed by atoms with Crippen LogP contribution in [-0.2, 0) is 4.79 Å². The fourth-order valence-corrected chi connectivity index (χ4v) is 3.51. The Kier molecular flexibility index (Phi) is 6.01. The molecule has 5 heteroatoms. The van der Waals surface area contributed by atoms with Gasteiger partial charge in [-0.25, -0.2) is 0 Å². The van der Waals surface area contributed by atoms with Crippen LogP contribution in [0.5, 0.6) is 5.75 Å². The summed E-state index contributed by atoms with van der Waals surface area (Å²) in [4.78, 5) is 17.3. The van der Waals surface area contributed by atoms with Gasteiger partial charge in [-0.05, 0) is 50.1 Å². The van der Waals surface area contributed by atoms with E-state index in [0.29, 0.717) is 0 Å². The second kappa shape index (κ2) is 8.44. The maximum atomic E-state index is 12.7. The number of piperazine rings is 1. The lowest BCUT2D eigenvalue weighted by molar-refractivity contribution is -0.120. The molecule has 1 amide bonds. The van der Waals surface area contributed by atoms with E-state index in [2.05, 4.69) is 27.2 Å². The van der Waals surface area contributed by atoms with Gasteiger partial charge in [-0.15, -0.1) is 0 Å². The first-order chi connectivity index (χ1) is 13.0. The van der Waals surface area contributed by atoms with Crippen molar-refractivity contribution in [2.45, 2.75) is 26.8 Å². The summed E-state index contributed by atoms with van der Waals surface area (Å²) in [5, 5.41) is 3.10. The first-order valence-corrected chi connectivity index (χ1v) is 9.49. The van der Waals surface area contributed by atoms with E-state index in [1.807, 2.05) is 51.1 Å². The zero-order valence-electron chi connectivity index (χ0n) is 16.7. The third-order valence-corrected chi connectivity index (χ3v) is 5.32. The van der Waals surface area contributed by atoms with Crippen LogP contribution in [-0.4, -0.2) is 50.1 Å². The van der Waals surface area contributed by atoms with Crippen molar-refractivity contribution in [3.63, 3.8) is 0 Å². The molecule has 0 unspecified atom stereocenters. The van der Waals surface area contributed by atoms with Crippen LogP contribution in [0.3, 0.4) is 0 Å². The highest BCUT2D eigenvalue weighted by molar-refractivity contribution is 5.95. The van der Waals surface area contributed by atoms with Gasteiger partial charge in [0.2, 0.25) is 5.91 Å². The molecule has 5 nitrogen and oxygen atoms in total. The molecule has 0 spiro atoms. The summed E-state index contributed by atoms with van der Waals surface area (Å²) in [5.41, 5.74) is 4.25.